The largest absolute Gasteiger partial charge is 0.207 e. The van der Waals surface area contributed by atoms with Crippen LogP contribution in [0.4, 0.5) is 4.39 Å². The first kappa shape index (κ1) is 9.46. The molecule has 0 bridgehead atoms. The smallest absolute Gasteiger partial charge is 0.127 e. The highest BCUT2D eigenvalue weighted by Gasteiger charge is 2.01. The minimum Gasteiger partial charge on any atom is -0.207 e. The molecule has 0 aliphatic carbocycles. The molecule has 0 unspecified atom stereocenters. The van der Waals surface area contributed by atoms with Crippen LogP contribution in [-0.2, 0) is 6.42 Å². The number of hydrogen-bond acceptors (Lipinski definition) is 0. The van der Waals surface area contributed by atoms with Crippen LogP contribution < -0.4 is 0 Å². The van der Waals surface area contributed by atoms with Crippen molar-refractivity contribution in [1.82, 2.24) is 0 Å². The second kappa shape index (κ2) is 3.85. The summed E-state index contributed by atoms with van der Waals surface area (Å²) in [6.07, 6.45) is 0.610. The van der Waals surface area contributed by atoms with E-state index < -0.39 is 0 Å². The summed E-state index contributed by atoms with van der Waals surface area (Å²) >= 11 is 3.20. The average Bonchev–Trinajstić information content (AvgIpc) is 1.94. The Morgan fingerprint density at radius 1 is 1.58 bits per heavy atom. The van der Waals surface area contributed by atoms with E-state index in [2.05, 4.69) is 22.5 Å². The molecule has 12 heavy (non-hydrogen) atoms. The lowest BCUT2D eigenvalue weighted by atomic mass is 10.1. The highest BCUT2D eigenvalue weighted by Crippen LogP contribution is 2.17. The van der Waals surface area contributed by atoms with Crippen molar-refractivity contribution in [3.63, 3.8) is 0 Å². The zero-order valence-corrected chi connectivity index (χ0v) is 8.49. The minimum atomic E-state index is -0.174. The number of benzene rings is 1. The van der Waals surface area contributed by atoms with E-state index in [0.29, 0.717) is 12.0 Å². The number of halogens is 2. The lowest BCUT2D eigenvalue weighted by molar-refractivity contribution is 0.612. The third-order valence-electron chi connectivity index (χ3n) is 1.51. The van der Waals surface area contributed by atoms with E-state index in [9.17, 15) is 4.39 Å². The molecule has 0 aliphatic heterocycles. The molecule has 1 aromatic carbocycles. The van der Waals surface area contributed by atoms with Crippen LogP contribution in [0.1, 0.15) is 12.5 Å². The van der Waals surface area contributed by atoms with Gasteiger partial charge in [-0.3, -0.25) is 0 Å². The average molecular weight is 229 g/mol. The van der Waals surface area contributed by atoms with E-state index in [1.807, 2.05) is 13.0 Å². The van der Waals surface area contributed by atoms with Crippen LogP contribution in [0, 0.1) is 5.82 Å². The van der Waals surface area contributed by atoms with Crippen molar-refractivity contribution in [2.24, 2.45) is 0 Å². The SMILES string of the molecule is C=C(C)Cc1ccc(Br)cc1F. The normalized spacial score (nSPS) is 9.92. The van der Waals surface area contributed by atoms with Crippen LogP contribution >= 0.6 is 15.9 Å². The van der Waals surface area contributed by atoms with Gasteiger partial charge in [-0.25, -0.2) is 4.39 Å². The Balaban J connectivity index is 2.93. The Morgan fingerprint density at radius 3 is 2.75 bits per heavy atom. The second-order valence-corrected chi connectivity index (χ2v) is 3.79. The van der Waals surface area contributed by atoms with Gasteiger partial charge in [-0.15, -0.1) is 0 Å². The minimum absolute atomic E-state index is 0.174. The van der Waals surface area contributed by atoms with Gasteiger partial charge in [0.15, 0.2) is 0 Å². The van der Waals surface area contributed by atoms with E-state index in [-0.39, 0.29) is 5.82 Å². The quantitative estimate of drug-likeness (QED) is 0.678. The fourth-order valence-electron chi connectivity index (χ4n) is 0.990. The zero-order chi connectivity index (χ0) is 9.14. The number of hydrogen-bond donors (Lipinski definition) is 0. The van der Waals surface area contributed by atoms with Gasteiger partial charge >= 0.3 is 0 Å². The maximum atomic E-state index is 13.1. The van der Waals surface area contributed by atoms with Gasteiger partial charge in [-0.2, -0.15) is 0 Å². The van der Waals surface area contributed by atoms with Crippen molar-refractivity contribution in [2.75, 3.05) is 0 Å². The van der Waals surface area contributed by atoms with E-state index in [0.717, 1.165) is 10.0 Å². The fourth-order valence-corrected chi connectivity index (χ4v) is 1.32. The highest BCUT2D eigenvalue weighted by atomic mass is 79.9. The Bertz CT molecular complexity index is 305. The Kier molecular flexibility index (Phi) is 3.04. The Hall–Kier alpha value is -0.630. The third kappa shape index (κ3) is 2.45. The van der Waals surface area contributed by atoms with Crippen LogP contribution in [0.2, 0.25) is 0 Å². The molecule has 0 saturated heterocycles. The molecular formula is C10H10BrF. The fraction of sp³-hybridized carbons (Fsp3) is 0.200. The predicted octanol–water partition coefficient (Wildman–Crippen LogP) is 3.71. The Morgan fingerprint density at radius 2 is 2.25 bits per heavy atom. The highest BCUT2D eigenvalue weighted by molar-refractivity contribution is 9.10. The van der Waals surface area contributed by atoms with Gasteiger partial charge in [0.1, 0.15) is 5.82 Å². The Labute approximate surface area is 80.2 Å². The van der Waals surface area contributed by atoms with Gasteiger partial charge in [0.25, 0.3) is 0 Å². The molecule has 0 fully saturated rings. The van der Waals surface area contributed by atoms with E-state index >= 15 is 0 Å². The molecule has 1 rings (SSSR count). The van der Waals surface area contributed by atoms with Gasteiger partial charge in [-0.1, -0.05) is 34.1 Å². The second-order valence-electron chi connectivity index (χ2n) is 2.87. The number of allylic oxidation sites excluding steroid dienone is 1. The van der Waals surface area contributed by atoms with Crippen molar-refractivity contribution < 1.29 is 4.39 Å². The zero-order valence-electron chi connectivity index (χ0n) is 6.90. The van der Waals surface area contributed by atoms with Crippen LogP contribution in [0.3, 0.4) is 0 Å². The molecule has 0 radical (unpaired) electrons. The molecule has 1 aromatic rings. The van der Waals surface area contributed by atoms with Crippen LogP contribution in [0.15, 0.2) is 34.8 Å². The summed E-state index contributed by atoms with van der Waals surface area (Å²) < 4.78 is 13.9. The topological polar surface area (TPSA) is 0 Å². The molecule has 2 heteroatoms. The van der Waals surface area contributed by atoms with Crippen molar-refractivity contribution in [2.45, 2.75) is 13.3 Å². The monoisotopic (exact) mass is 228 g/mol. The van der Waals surface area contributed by atoms with E-state index in [1.54, 1.807) is 6.07 Å². The summed E-state index contributed by atoms with van der Waals surface area (Å²) in [5.41, 5.74) is 1.67. The molecule has 0 aliphatic rings. The maximum Gasteiger partial charge on any atom is 0.127 e. The van der Waals surface area contributed by atoms with Gasteiger partial charge in [0.05, 0.1) is 0 Å². The summed E-state index contributed by atoms with van der Waals surface area (Å²) in [5.74, 6) is -0.174. The predicted molar refractivity (Wildman–Crippen MR) is 52.6 cm³/mol. The first-order valence-electron chi connectivity index (χ1n) is 3.68. The molecule has 0 N–H and O–H groups in total. The van der Waals surface area contributed by atoms with Crippen molar-refractivity contribution >= 4 is 15.9 Å². The third-order valence-corrected chi connectivity index (χ3v) is 2.00. The lowest BCUT2D eigenvalue weighted by Crippen LogP contribution is -1.90. The summed E-state index contributed by atoms with van der Waals surface area (Å²) in [6.45, 7) is 5.63. The number of rotatable bonds is 2. The maximum absolute atomic E-state index is 13.1. The van der Waals surface area contributed by atoms with Crippen LogP contribution in [-0.4, -0.2) is 0 Å². The first-order chi connectivity index (χ1) is 5.59. The van der Waals surface area contributed by atoms with Crippen molar-refractivity contribution in [1.29, 1.82) is 0 Å². The summed E-state index contributed by atoms with van der Waals surface area (Å²) in [5, 5.41) is 0. The van der Waals surface area contributed by atoms with E-state index in [1.165, 1.54) is 6.07 Å². The molecule has 64 valence electrons. The summed E-state index contributed by atoms with van der Waals surface area (Å²) in [7, 11) is 0. The van der Waals surface area contributed by atoms with Crippen LogP contribution in [0.5, 0.6) is 0 Å². The van der Waals surface area contributed by atoms with Gasteiger partial charge in [0, 0.05) is 4.47 Å². The molecule has 0 amide bonds. The molecule has 0 heterocycles. The molecule has 0 spiro atoms. The van der Waals surface area contributed by atoms with Gasteiger partial charge in [-0.05, 0) is 31.0 Å². The van der Waals surface area contributed by atoms with Gasteiger partial charge < -0.3 is 0 Å². The molecule has 0 nitrogen and oxygen atoms in total. The molecule has 0 atom stereocenters. The summed E-state index contributed by atoms with van der Waals surface area (Å²) in [4.78, 5) is 0. The molecule has 0 aromatic heterocycles. The van der Waals surface area contributed by atoms with Crippen molar-refractivity contribution in [3.05, 3.63) is 46.2 Å². The lowest BCUT2D eigenvalue weighted by Gasteiger charge is -2.02. The van der Waals surface area contributed by atoms with Crippen LogP contribution in [0.25, 0.3) is 0 Å². The molecule has 0 saturated carbocycles. The standard InChI is InChI=1S/C10H10BrF/c1-7(2)5-8-3-4-9(11)6-10(8)12/h3-4,6H,1,5H2,2H3. The summed E-state index contributed by atoms with van der Waals surface area (Å²) in [6, 6.07) is 5.08. The molecular weight excluding hydrogens is 219 g/mol. The van der Waals surface area contributed by atoms with Crippen molar-refractivity contribution in [3.8, 4) is 0 Å². The van der Waals surface area contributed by atoms with Gasteiger partial charge in [0.2, 0.25) is 0 Å². The first-order valence-corrected chi connectivity index (χ1v) is 4.47. The van der Waals surface area contributed by atoms with E-state index in [4.69, 9.17) is 0 Å².